The summed E-state index contributed by atoms with van der Waals surface area (Å²) in [6.07, 6.45) is -0.0357. The Hall–Kier alpha value is -1.10. The van der Waals surface area contributed by atoms with Crippen LogP contribution < -0.4 is 5.32 Å². The Kier molecular flexibility index (Phi) is 5.88. The zero-order chi connectivity index (χ0) is 10.3. The van der Waals surface area contributed by atoms with Gasteiger partial charge in [-0.25, -0.2) is 4.79 Å². The number of esters is 1. The number of carbonyl (C=O) groups excluding carboxylic acids is 2. The zero-order valence-corrected chi connectivity index (χ0v) is 7.82. The molecule has 0 aromatic heterocycles. The van der Waals surface area contributed by atoms with E-state index in [0.717, 1.165) is 0 Å². The van der Waals surface area contributed by atoms with Crippen LogP contribution in [-0.2, 0) is 14.3 Å². The summed E-state index contributed by atoms with van der Waals surface area (Å²) >= 11 is 0. The number of aliphatic hydroxyl groups is 1. The average Bonchev–Trinajstić information content (AvgIpc) is 2.17. The van der Waals surface area contributed by atoms with Crippen molar-refractivity contribution in [1.29, 1.82) is 0 Å². The van der Waals surface area contributed by atoms with E-state index < -0.39 is 12.1 Å². The van der Waals surface area contributed by atoms with E-state index in [9.17, 15) is 14.7 Å². The molecule has 13 heavy (non-hydrogen) atoms. The van der Waals surface area contributed by atoms with Crippen molar-refractivity contribution in [2.75, 3.05) is 13.7 Å². The van der Waals surface area contributed by atoms with Gasteiger partial charge in [-0.3, -0.25) is 4.79 Å². The predicted octanol–water partition coefficient (Wildman–Crippen LogP) is -0.707. The van der Waals surface area contributed by atoms with E-state index in [0.29, 0.717) is 12.8 Å². The van der Waals surface area contributed by atoms with Gasteiger partial charge >= 0.3 is 5.97 Å². The quantitative estimate of drug-likeness (QED) is 0.427. The van der Waals surface area contributed by atoms with E-state index >= 15 is 0 Å². The minimum atomic E-state index is -1.16. The number of carbonyl (C=O) groups is 2. The summed E-state index contributed by atoms with van der Waals surface area (Å²) in [7, 11) is 1.21. The molecule has 0 aliphatic rings. The number of ether oxygens (including phenoxy) is 1. The molecule has 0 aliphatic carbocycles. The molecule has 5 nitrogen and oxygen atoms in total. The summed E-state index contributed by atoms with van der Waals surface area (Å²) in [6, 6.07) is 0. The van der Waals surface area contributed by atoms with Crippen molar-refractivity contribution in [3.8, 4) is 0 Å². The predicted molar refractivity (Wildman–Crippen MR) is 45.9 cm³/mol. The minimum Gasteiger partial charge on any atom is -0.467 e. The van der Waals surface area contributed by atoms with Crippen LogP contribution in [0.15, 0.2) is 0 Å². The van der Waals surface area contributed by atoms with Gasteiger partial charge in [0.05, 0.1) is 7.11 Å². The van der Waals surface area contributed by atoms with Crippen LogP contribution in [0.5, 0.6) is 0 Å². The first-order valence-corrected chi connectivity index (χ1v) is 4.10. The van der Waals surface area contributed by atoms with Crippen LogP contribution in [0.2, 0.25) is 0 Å². The molecule has 1 amide bonds. The van der Waals surface area contributed by atoms with Crippen LogP contribution in [-0.4, -0.2) is 37.2 Å². The summed E-state index contributed by atoms with van der Waals surface area (Å²) in [5.41, 5.74) is 0. The van der Waals surface area contributed by atoms with Gasteiger partial charge in [-0.05, 0) is 6.42 Å². The fraction of sp³-hybridized carbons (Fsp3) is 0.750. The van der Waals surface area contributed by atoms with Gasteiger partial charge in [-0.2, -0.15) is 0 Å². The lowest BCUT2D eigenvalue weighted by Crippen LogP contribution is -2.36. The Morgan fingerprint density at radius 2 is 2.31 bits per heavy atom. The second-order valence-electron chi connectivity index (χ2n) is 2.66. The van der Waals surface area contributed by atoms with Gasteiger partial charge < -0.3 is 15.2 Å². The first-order valence-electron chi connectivity index (χ1n) is 4.10. The topological polar surface area (TPSA) is 75.6 Å². The van der Waals surface area contributed by atoms with Crippen LogP contribution in [0.3, 0.4) is 0 Å². The Morgan fingerprint density at radius 1 is 1.69 bits per heavy atom. The third kappa shape index (κ3) is 3.89. The zero-order valence-electron chi connectivity index (χ0n) is 7.82. The SMILES string of the molecule is CCC(CNC=O)C(O)C(=O)OC. The van der Waals surface area contributed by atoms with Crippen LogP contribution in [0.4, 0.5) is 0 Å². The Bertz CT molecular complexity index is 172. The maximum atomic E-state index is 10.9. The molecule has 2 unspecified atom stereocenters. The van der Waals surface area contributed by atoms with Crippen LogP contribution in [0.1, 0.15) is 13.3 Å². The molecule has 0 aliphatic heterocycles. The average molecular weight is 189 g/mol. The van der Waals surface area contributed by atoms with Crippen LogP contribution >= 0.6 is 0 Å². The lowest BCUT2D eigenvalue weighted by Gasteiger charge is -2.18. The summed E-state index contributed by atoms with van der Waals surface area (Å²) in [6.45, 7) is 2.10. The standard InChI is InChI=1S/C8H15NO4/c1-3-6(4-9-5-10)7(11)8(12)13-2/h5-7,11H,3-4H2,1-2H3,(H,9,10). The van der Waals surface area contributed by atoms with E-state index in [1.807, 2.05) is 6.92 Å². The molecule has 0 aromatic carbocycles. The Balaban J connectivity index is 4.05. The third-order valence-electron chi connectivity index (χ3n) is 1.88. The highest BCUT2D eigenvalue weighted by molar-refractivity contribution is 5.74. The van der Waals surface area contributed by atoms with Gasteiger partial charge in [-0.1, -0.05) is 6.92 Å². The first kappa shape index (κ1) is 11.9. The van der Waals surface area contributed by atoms with Crippen molar-refractivity contribution in [2.45, 2.75) is 19.4 Å². The molecule has 2 atom stereocenters. The van der Waals surface area contributed by atoms with Gasteiger partial charge in [0.1, 0.15) is 0 Å². The molecule has 0 aromatic rings. The summed E-state index contributed by atoms with van der Waals surface area (Å²) in [4.78, 5) is 20.9. The maximum absolute atomic E-state index is 10.9. The molecule has 2 N–H and O–H groups in total. The number of hydrogen-bond donors (Lipinski definition) is 2. The Morgan fingerprint density at radius 3 is 2.69 bits per heavy atom. The van der Waals surface area contributed by atoms with E-state index in [2.05, 4.69) is 10.1 Å². The smallest absolute Gasteiger partial charge is 0.335 e. The molecule has 5 heteroatoms. The van der Waals surface area contributed by atoms with E-state index in [4.69, 9.17) is 0 Å². The van der Waals surface area contributed by atoms with E-state index in [1.54, 1.807) is 0 Å². The number of methoxy groups -OCH3 is 1. The molecule has 0 radical (unpaired) electrons. The van der Waals surface area contributed by atoms with Crippen LogP contribution in [0, 0.1) is 5.92 Å². The van der Waals surface area contributed by atoms with Crippen molar-refractivity contribution < 1.29 is 19.4 Å². The second-order valence-corrected chi connectivity index (χ2v) is 2.66. The number of aliphatic hydroxyl groups excluding tert-OH is 1. The molecule has 0 spiro atoms. The highest BCUT2D eigenvalue weighted by Crippen LogP contribution is 2.08. The second kappa shape index (κ2) is 6.42. The van der Waals surface area contributed by atoms with Crippen molar-refractivity contribution in [3.05, 3.63) is 0 Å². The lowest BCUT2D eigenvalue weighted by molar-refractivity contribution is -0.153. The van der Waals surface area contributed by atoms with E-state index in [1.165, 1.54) is 7.11 Å². The van der Waals surface area contributed by atoms with Gasteiger partial charge in [0.2, 0.25) is 6.41 Å². The molecule has 0 fully saturated rings. The van der Waals surface area contributed by atoms with Crippen molar-refractivity contribution in [2.24, 2.45) is 5.92 Å². The van der Waals surface area contributed by atoms with E-state index in [-0.39, 0.29) is 12.5 Å². The largest absolute Gasteiger partial charge is 0.467 e. The summed E-state index contributed by atoms with van der Waals surface area (Å²) in [5, 5.41) is 11.8. The Labute approximate surface area is 77.1 Å². The van der Waals surface area contributed by atoms with Crippen molar-refractivity contribution >= 4 is 12.4 Å². The van der Waals surface area contributed by atoms with Crippen LogP contribution in [0.25, 0.3) is 0 Å². The number of amides is 1. The molecule has 0 rings (SSSR count). The molecule has 0 heterocycles. The summed E-state index contributed by atoms with van der Waals surface area (Å²) in [5.74, 6) is -0.961. The maximum Gasteiger partial charge on any atom is 0.335 e. The van der Waals surface area contributed by atoms with Crippen molar-refractivity contribution in [3.63, 3.8) is 0 Å². The highest BCUT2D eigenvalue weighted by atomic mass is 16.5. The van der Waals surface area contributed by atoms with Gasteiger partial charge in [0, 0.05) is 12.5 Å². The minimum absolute atomic E-state index is 0.274. The highest BCUT2D eigenvalue weighted by Gasteiger charge is 2.24. The fourth-order valence-corrected chi connectivity index (χ4v) is 0.992. The van der Waals surface area contributed by atoms with Gasteiger partial charge in [0.25, 0.3) is 0 Å². The summed E-state index contributed by atoms with van der Waals surface area (Å²) < 4.78 is 4.37. The van der Waals surface area contributed by atoms with Gasteiger partial charge in [-0.15, -0.1) is 0 Å². The third-order valence-corrected chi connectivity index (χ3v) is 1.88. The first-order chi connectivity index (χ1) is 6.17. The normalized spacial score (nSPS) is 14.4. The lowest BCUT2D eigenvalue weighted by atomic mass is 10.00. The number of hydrogen-bond acceptors (Lipinski definition) is 4. The molecule has 0 saturated carbocycles. The molecular formula is C8H15NO4. The number of nitrogens with one attached hydrogen (secondary N) is 1. The van der Waals surface area contributed by atoms with Gasteiger partial charge in [0.15, 0.2) is 6.10 Å². The molecule has 0 bridgehead atoms. The molecule has 76 valence electrons. The molecular weight excluding hydrogens is 174 g/mol. The monoisotopic (exact) mass is 189 g/mol. The van der Waals surface area contributed by atoms with Crippen molar-refractivity contribution in [1.82, 2.24) is 5.32 Å². The fourth-order valence-electron chi connectivity index (χ4n) is 0.992. The number of rotatable bonds is 6. The molecule has 0 saturated heterocycles.